The van der Waals surface area contributed by atoms with Crippen LogP contribution < -0.4 is 4.74 Å². The summed E-state index contributed by atoms with van der Waals surface area (Å²) in [6, 6.07) is 0. The third kappa shape index (κ3) is 3.86. The van der Waals surface area contributed by atoms with Gasteiger partial charge in [0.25, 0.3) is 0 Å². The van der Waals surface area contributed by atoms with E-state index >= 15 is 0 Å². The molecule has 0 bridgehead atoms. The van der Waals surface area contributed by atoms with Crippen LogP contribution in [0.15, 0.2) is 6.20 Å². The first-order valence-corrected chi connectivity index (χ1v) is 5.65. The van der Waals surface area contributed by atoms with Gasteiger partial charge in [0.1, 0.15) is 5.56 Å². The van der Waals surface area contributed by atoms with Gasteiger partial charge < -0.3 is 9.47 Å². The number of pyridine rings is 1. The maximum absolute atomic E-state index is 12.8. The third-order valence-electron chi connectivity index (χ3n) is 1.88. The monoisotopic (exact) mass is 415 g/mol. The van der Waals surface area contributed by atoms with Crippen LogP contribution in [0.4, 0.5) is 26.3 Å². The van der Waals surface area contributed by atoms with Crippen LogP contribution in [0.5, 0.6) is 5.88 Å². The first kappa shape index (κ1) is 16.8. The lowest BCUT2D eigenvalue weighted by Gasteiger charge is -2.16. The second kappa shape index (κ2) is 5.61. The highest BCUT2D eigenvalue weighted by Crippen LogP contribution is 2.41. The molecule has 0 unspecified atom stereocenters. The van der Waals surface area contributed by atoms with Crippen LogP contribution in [-0.2, 0) is 10.9 Å². The number of alkyl halides is 6. The zero-order valence-corrected chi connectivity index (χ0v) is 11.6. The minimum absolute atomic E-state index is 0.518. The molecule has 112 valence electrons. The maximum atomic E-state index is 12.8. The Balaban J connectivity index is 3.49. The van der Waals surface area contributed by atoms with Crippen molar-refractivity contribution in [3.8, 4) is 5.88 Å². The predicted octanol–water partition coefficient (Wildman–Crippen LogP) is 3.39. The molecule has 0 atom stereocenters. The number of esters is 1. The largest absolute Gasteiger partial charge is 0.574 e. The van der Waals surface area contributed by atoms with Crippen molar-refractivity contribution >= 4 is 28.6 Å². The normalized spacial score (nSPS) is 12.2. The Kier molecular flexibility index (Phi) is 4.71. The lowest BCUT2D eigenvalue weighted by Crippen LogP contribution is -2.23. The van der Waals surface area contributed by atoms with Crippen molar-refractivity contribution in [3.05, 3.63) is 20.9 Å². The number of hydrogen-bond donors (Lipinski definition) is 0. The van der Waals surface area contributed by atoms with E-state index in [2.05, 4.69) is 14.5 Å². The average molecular weight is 415 g/mol. The quantitative estimate of drug-likeness (QED) is 0.423. The highest BCUT2D eigenvalue weighted by molar-refractivity contribution is 14.1. The van der Waals surface area contributed by atoms with E-state index in [4.69, 9.17) is 0 Å². The second-order valence-corrected chi connectivity index (χ2v) is 4.28. The molecule has 1 rings (SSSR count). The van der Waals surface area contributed by atoms with Gasteiger partial charge in [-0.05, 0) is 22.6 Å². The van der Waals surface area contributed by atoms with Gasteiger partial charge in [-0.1, -0.05) is 0 Å². The van der Waals surface area contributed by atoms with Gasteiger partial charge >= 0.3 is 18.5 Å². The highest BCUT2D eigenvalue weighted by Gasteiger charge is 2.43. The maximum Gasteiger partial charge on any atom is 0.574 e. The molecule has 11 heteroatoms. The molecule has 0 aliphatic rings. The molecular weight excluding hydrogens is 411 g/mol. The molecule has 0 saturated carbocycles. The molecule has 1 heterocycles. The third-order valence-corrected chi connectivity index (χ3v) is 3.00. The predicted molar refractivity (Wildman–Crippen MR) is 60.0 cm³/mol. The number of ether oxygens (including phenoxy) is 2. The Morgan fingerprint density at radius 3 is 2.20 bits per heavy atom. The molecule has 0 amide bonds. The summed E-state index contributed by atoms with van der Waals surface area (Å²) in [4.78, 5) is 14.1. The van der Waals surface area contributed by atoms with Crippen molar-refractivity contribution in [3.63, 3.8) is 0 Å². The van der Waals surface area contributed by atoms with E-state index in [0.29, 0.717) is 6.20 Å². The van der Waals surface area contributed by atoms with Crippen molar-refractivity contribution in [2.45, 2.75) is 12.5 Å². The van der Waals surface area contributed by atoms with Crippen LogP contribution in [-0.4, -0.2) is 24.4 Å². The molecule has 1 aromatic rings. The zero-order chi connectivity index (χ0) is 15.7. The average Bonchev–Trinajstić information content (AvgIpc) is 2.24. The standard InChI is InChI=1S/C9H4F6INO3/c1-19-7(18)3-2-17-6(20-9(13,14)15)4(5(3)16)8(10,11)12/h2H,1H3. The molecule has 0 N–H and O–H groups in total. The SMILES string of the molecule is COC(=O)c1cnc(OC(F)(F)F)c(C(F)(F)F)c1I. The van der Waals surface area contributed by atoms with Crippen LogP contribution in [0.1, 0.15) is 15.9 Å². The Morgan fingerprint density at radius 1 is 1.25 bits per heavy atom. The van der Waals surface area contributed by atoms with Gasteiger partial charge in [0.2, 0.25) is 5.88 Å². The van der Waals surface area contributed by atoms with E-state index in [-0.39, 0.29) is 0 Å². The van der Waals surface area contributed by atoms with Gasteiger partial charge in [-0.15, -0.1) is 13.2 Å². The number of rotatable bonds is 2. The topological polar surface area (TPSA) is 48.4 Å². The van der Waals surface area contributed by atoms with Gasteiger partial charge in [0.05, 0.1) is 12.7 Å². The fraction of sp³-hybridized carbons (Fsp3) is 0.333. The summed E-state index contributed by atoms with van der Waals surface area (Å²) in [5, 5.41) is 0. The molecule has 20 heavy (non-hydrogen) atoms. The molecule has 0 aliphatic carbocycles. The van der Waals surface area contributed by atoms with Crippen molar-refractivity contribution in [2.75, 3.05) is 7.11 Å². The number of nitrogens with zero attached hydrogens (tertiary/aromatic N) is 1. The highest BCUT2D eigenvalue weighted by atomic mass is 127. The van der Waals surface area contributed by atoms with E-state index in [0.717, 1.165) is 29.7 Å². The van der Waals surface area contributed by atoms with Crippen LogP contribution in [0.2, 0.25) is 0 Å². The van der Waals surface area contributed by atoms with Crippen molar-refractivity contribution < 1.29 is 40.6 Å². The van der Waals surface area contributed by atoms with Gasteiger partial charge in [0.15, 0.2) is 0 Å². The number of aromatic nitrogens is 1. The molecule has 0 aliphatic heterocycles. The zero-order valence-electron chi connectivity index (χ0n) is 9.40. The fourth-order valence-electron chi connectivity index (χ4n) is 1.16. The minimum atomic E-state index is -5.34. The second-order valence-electron chi connectivity index (χ2n) is 3.20. The number of carbonyl (C=O) groups is 1. The smallest absolute Gasteiger partial charge is 0.465 e. The summed E-state index contributed by atoms with van der Waals surface area (Å²) in [7, 11) is 0.909. The molecular formula is C9H4F6INO3. The van der Waals surface area contributed by atoms with Gasteiger partial charge in [-0.3, -0.25) is 0 Å². The van der Waals surface area contributed by atoms with Crippen molar-refractivity contribution in [1.82, 2.24) is 4.98 Å². The number of carbonyl (C=O) groups excluding carboxylic acids is 1. The van der Waals surface area contributed by atoms with E-state index in [9.17, 15) is 31.1 Å². The Morgan fingerprint density at radius 2 is 1.80 bits per heavy atom. The molecule has 0 spiro atoms. The summed E-state index contributed by atoms with van der Waals surface area (Å²) in [6.45, 7) is 0. The number of halogens is 7. The minimum Gasteiger partial charge on any atom is -0.465 e. The van der Waals surface area contributed by atoms with E-state index in [1.54, 1.807) is 0 Å². The number of hydrogen-bond acceptors (Lipinski definition) is 4. The van der Waals surface area contributed by atoms with E-state index < -0.39 is 39.1 Å². The first-order valence-electron chi connectivity index (χ1n) is 4.57. The summed E-state index contributed by atoms with van der Waals surface area (Å²) < 4.78 is 81.1. The Labute approximate surface area is 121 Å². The molecule has 0 saturated heterocycles. The molecule has 0 radical (unpaired) electrons. The number of methoxy groups -OCH3 is 1. The van der Waals surface area contributed by atoms with Crippen molar-refractivity contribution in [2.24, 2.45) is 0 Å². The van der Waals surface area contributed by atoms with Gasteiger partial charge in [-0.25, -0.2) is 9.78 Å². The summed E-state index contributed by atoms with van der Waals surface area (Å²) in [6.07, 6.45) is -10.0. The van der Waals surface area contributed by atoms with Crippen LogP contribution in [0, 0.1) is 3.57 Å². The molecule has 1 aromatic heterocycles. The Bertz CT molecular complexity index is 528. The van der Waals surface area contributed by atoms with Crippen molar-refractivity contribution in [1.29, 1.82) is 0 Å². The van der Waals surface area contributed by atoms with Crippen LogP contribution in [0.3, 0.4) is 0 Å². The molecule has 0 aromatic carbocycles. The van der Waals surface area contributed by atoms with Crippen LogP contribution in [0.25, 0.3) is 0 Å². The van der Waals surface area contributed by atoms with E-state index in [1.165, 1.54) is 0 Å². The Hall–Kier alpha value is -1.27. The fourth-order valence-corrected chi connectivity index (χ4v) is 2.05. The molecule has 4 nitrogen and oxygen atoms in total. The van der Waals surface area contributed by atoms with Gasteiger partial charge in [-0.2, -0.15) is 13.2 Å². The summed E-state index contributed by atoms with van der Waals surface area (Å²) in [5.41, 5.74) is -2.41. The molecule has 0 fully saturated rings. The van der Waals surface area contributed by atoms with Crippen LogP contribution >= 0.6 is 22.6 Å². The summed E-state index contributed by atoms with van der Waals surface area (Å²) in [5.74, 6) is -2.84. The van der Waals surface area contributed by atoms with Gasteiger partial charge in [0, 0.05) is 9.77 Å². The first-order chi connectivity index (χ1) is 8.97. The lowest BCUT2D eigenvalue weighted by atomic mass is 10.2. The lowest BCUT2D eigenvalue weighted by molar-refractivity contribution is -0.278. The summed E-state index contributed by atoms with van der Waals surface area (Å²) >= 11 is 1.07. The van der Waals surface area contributed by atoms with E-state index in [1.807, 2.05) is 0 Å².